The number of carbonyl (C=O) groups excluding carboxylic acids is 1. The minimum absolute atomic E-state index is 0.0515. The molecule has 0 saturated heterocycles. The van der Waals surface area contributed by atoms with Gasteiger partial charge in [0.25, 0.3) is 0 Å². The van der Waals surface area contributed by atoms with Crippen LogP contribution < -0.4 is 0 Å². The third kappa shape index (κ3) is 4.09. The van der Waals surface area contributed by atoms with Crippen molar-refractivity contribution < 1.29 is 4.79 Å². The molecule has 0 bridgehead atoms. The summed E-state index contributed by atoms with van der Waals surface area (Å²) in [6.45, 7) is 7.45. The molecule has 0 aliphatic rings. The number of aryl methyl sites for hydroxylation is 1. The van der Waals surface area contributed by atoms with Crippen LogP contribution in [0.5, 0.6) is 0 Å². The van der Waals surface area contributed by atoms with Crippen molar-refractivity contribution in [3.63, 3.8) is 0 Å². The van der Waals surface area contributed by atoms with E-state index in [1.165, 1.54) is 6.92 Å². The van der Waals surface area contributed by atoms with Crippen molar-refractivity contribution in [2.45, 2.75) is 27.7 Å². The fourth-order valence-corrected chi connectivity index (χ4v) is 1.23. The number of rotatable bonds is 1. The smallest absolute Gasteiger partial charge is 0.159 e. The van der Waals surface area contributed by atoms with E-state index in [1.807, 2.05) is 32.9 Å². The van der Waals surface area contributed by atoms with Gasteiger partial charge in [0.15, 0.2) is 5.78 Å². The molecule has 0 radical (unpaired) electrons. The fraction of sp³-hybridized carbons (Fsp3) is 0.364. The third-order valence-corrected chi connectivity index (χ3v) is 1.67. The molecule has 0 aliphatic heterocycles. The molecule has 0 spiro atoms. The topological polar surface area (TPSA) is 17.1 Å². The van der Waals surface area contributed by atoms with Crippen LogP contribution in [-0.4, -0.2) is 5.78 Å². The van der Waals surface area contributed by atoms with Crippen LogP contribution in [0.15, 0.2) is 18.2 Å². The average molecular weight is 199 g/mol. The van der Waals surface area contributed by atoms with Gasteiger partial charge in [-0.05, 0) is 37.6 Å². The van der Waals surface area contributed by atoms with Crippen LogP contribution in [0.4, 0.5) is 0 Å². The zero-order valence-electron chi connectivity index (χ0n) is 8.52. The number of benzene rings is 1. The molecule has 1 aromatic rings. The van der Waals surface area contributed by atoms with Crippen LogP contribution in [0.3, 0.4) is 0 Å². The molecule has 0 saturated carbocycles. The van der Waals surface area contributed by atoms with Crippen LogP contribution >= 0.6 is 11.6 Å². The van der Waals surface area contributed by atoms with E-state index in [0.717, 1.165) is 5.56 Å². The predicted molar refractivity (Wildman–Crippen MR) is 57.5 cm³/mol. The largest absolute Gasteiger partial charge is 0.295 e. The Morgan fingerprint density at radius 3 is 2.15 bits per heavy atom. The van der Waals surface area contributed by atoms with Gasteiger partial charge in [0.05, 0.1) is 0 Å². The maximum Gasteiger partial charge on any atom is 0.159 e. The molecule has 1 nitrogen and oxygen atoms in total. The van der Waals surface area contributed by atoms with Crippen LogP contribution in [0.25, 0.3) is 0 Å². The minimum Gasteiger partial charge on any atom is -0.295 e. The zero-order valence-corrected chi connectivity index (χ0v) is 9.27. The lowest BCUT2D eigenvalue weighted by Crippen LogP contribution is -1.91. The molecular weight excluding hydrogens is 184 g/mol. The van der Waals surface area contributed by atoms with E-state index >= 15 is 0 Å². The average Bonchev–Trinajstić information content (AvgIpc) is 2.06. The van der Waals surface area contributed by atoms with Crippen molar-refractivity contribution in [1.29, 1.82) is 0 Å². The summed E-state index contributed by atoms with van der Waals surface area (Å²) in [6, 6.07) is 5.33. The van der Waals surface area contributed by atoms with Crippen molar-refractivity contribution in [3.8, 4) is 0 Å². The summed E-state index contributed by atoms with van der Waals surface area (Å²) in [5.74, 6) is 0.0515. The van der Waals surface area contributed by atoms with Gasteiger partial charge in [-0.1, -0.05) is 25.4 Å². The molecule has 0 amide bonds. The number of ketones is 1. The van der Waals surface area contributed by atoms with Gasteiger partial charge < -0.3 is 0 Å². The van der Waals surface area contributed by atoms with Crippen LogP contribution in [0, 0.1) is 6.92 Å². The Kier molecular flexibility index (Phi) is 5.40. The summed E-state index contributed by atoms with van der Waals surface area (Å²) in [5, 5.41) is 0.621. The standard InChI is InChI=1S/C9H9ClO.C2H6/c1-6-3-8(7(2)11)5-9(10)4-6;1-2/h3-5H,1-2H3;1-2H3. The van der Waals surface area contributed by atoms with Gasteiger partial charge in [-0.25, -0.2) is 0 Å². The SMILES string of the molecule is CC.CC(=O)c1cc(C)cc(Cl)c1. The summed E-state index contributed by atoms with van der Waals surface area (Å²) in [7, 11) is 0. The van der Waals surface area contributed by atoms with Gasteiger partial charge >= 0.3 is 0 Å². The molecule has 2 heteroatoms. The van der Waals surface area contributed by atoms with Crippen molar-refractivity contribution in [2.24, 2.45) is 0 Å². The van der Waals surface area contributed by atoms with Crippen molar-refractivity contribution in [2.75, 3.05) is 0 Å². The Labute approximate surface area is 84.7 Å². The van der Waals surface area contributed by atoms with Crippen molar-refractivity contribution in [1.82, 2.24) is 0 Å². The molecular formula is C11H15ClO. The van der Waals surface area contributed by atoms with Gasteiger partial charge in [-0.2, -0.15) is 0 Å². The van der Waals surface area contributed by atoms with Gasteiger partial charge in [0.2, 0.25) is 0 Å². The molecule has 0 unspecified atom stereocenters. The highest BCUT2D eigenvalue weighted by Crippen LogP contribution is 2.14. The molecule has 0 atom stereocenters. The van der Waals surface area contributed by atoms with Crippen LogP contribution in [0.1, 0.15) is 36.7 Å². The van der Waals surface area contributed by atoms with E-state index < -0.39 is 0 Å². The fourth-order valence-electron chi connectivity index (χ4n) is 0.940. The quantitative estimate of drug-likeness (QED) is 0.626. The Hall–Kier alpha value is -0.820. The van der Waals surface area contributed by atoms with Crippen molar-refractivity contribution in [3.05, 3.63) is 34.3 Å². The van der Waals surface area contributed by atoms with Crippen LogP contribution in [0.2, 0.25) is 5.02 Å². The highest BCUT2D eigenvalue weighted by molar-refractivity contribution is 6.31. The van der Waals surface area contributed by atoms with Crippen LogP contribution in [-0.2, 0) is 0 Å². The van der Waals surface area contributed by atoms with Crippen molar-refractivity contribution >= 4 is 17.4 Å². The van der Waals surface area contributed by atoms with E-state index in [0.29, 0.717) is 10.6 Å². The molecule has 0 aromatic heterocycles. The molecule has 1 aromatic carbocycles. The monoisotopic (exact) mass is 198 g/mol. The first kappa shape index (κ1) is 12.2. The summed E-state index contributed by atoms with van der Waals surface area (Å²) < 4.78 is 0. The summed E-state index contributed by atoms with van der Waals surface area (Å²) >= 11 is 5.74. The molecule has 0 N–H and O–H groups in total. The highest BCUT2D eigenvalue weighted by Gasteiger charge is 2.00. The second-order valence-electron chi connectivity index (χ2n) is 2.57. The minimum atomic E-state index is 0.0515. The van der Waals surface area contributed by atoms with Gasteiger partial charge in [-0.3, -0.25) is 4.79 Å². The van der Waals surface area contributed by atoms with Gasteiger partial charge in [0.1, 0.15) is 0 Å². The van der Waals surface area contributed by atoms with E-state index in [1.54, 1.807) is 6.07 Å². The summed E-state index contributed by atoms with van der Waals surface area (Å²) in [5.41, 5.74) is 1.69. The van der Waals surface area contributed by atoms with E-state index in [4.69, 9.17) is 11.6 Å². The molecule has 0 fully saturated rings. The van der Waals surface area contributed by atoms with Gasteiger partial charge in [-0.15, -0.1) is 0 Å². The molecule has 0 heterocycles. The Morgan fingerprint density at radius 1 is 1.23 bits per heavy atom. The number of Topliss-reactive ketones (excluding diaryl/α,β-unsaturated/α-hetero) is 1. The molecule has 1 rings (SSSR count). The maximum atomic E-state index is 10.9. The Bertz CT molecular complexity index is 272. The Balaban J connectivity index is 0.000000671. The predicted octanol–water partition coefficient (Wildman–Crippen LogP) is 3.88. The maximum absolute atomic E-state index is 10.9. The number of hydrogen-bond acceptors (Lipinski definition) is 1. The normalized spacial score (nSPS) is 8.69. The summed E-state index contributed by atoms with van der Waals surface area (Å²) in [4.78, 5) is 10.9. The lowest BCUT2D eigenvalue weighted by atomic mass is 10.1. The first-order valence-electron chi connectivity index (χ1n) is 4.38. The number of carbonyl (C=O) groups is 1. The second-order valence-corrected chi connectivity index (χ2v) is 3.01. The first-order valence-corrected chi connectivity index (χ1v) is 4.75. The van der Waals surface area contributed by atoms with E-state index in [9.17, 15) is 4.79 Å². The molecule has 13 heavy (non-hydrogen) atoms. The number of hydrogen-bond donors (Lipinski definition) is 0. The summed E-state index contributed by atoms with van der Waals surface area (Å²) in [6.07, 6.45) is 0. The molecule has 72 valence electrons. The first-order chi connectivity index (χ1) is 6.09. The lowest BCUT2D eigenvalue weighted by Gasteiger charge is -1.98. The Morgan fingerprint density at radius 2 is 1.77 bits per heavy atom. The second kappa shape index (κ2) is 5.76. The number of halogens is 1. The third-order valence-electron chi connectivity index (χ3n) is 1.45. The van der Waals surface area contributed by atoms with Gasteiger partial charge in [0, 0.05) is 10.6 Å². The molecule has 0 aliphatic carbocycles. The zero-order chi connectivity index (χ0) is 10.4. The van der Waals surface area contributed by atoms with E-state index in [2.05, 4.69) is 0 Å². The van der Waals surface area contributed by atoms with E-state index in [-0.39, 0.29) is 5.78 Å². The highest BCUT2D eigenvalue weighted by atomic mass is 35.5. The lowest BCUT2D eigenvalue weighted by molar-refractivity contribution is 0.101.